The summed E-state index contributed by atoms with van der Waals surface area (Å²) < 4.78 is 0. The minimum Gasteiger partial charge on any atom is -0.396 e. The van der Waals surface area contributed by atoms with Crippen LogP contribution in [0.5, 0.6) is 0 Å². The maximum Gasteiger partial charge on any atom is 0.142 e. The summed E-state index contributed by atoms with van der Waals surface area (Å²) in [5.41, 5.74) is 3.47. The highest BCUT2D eigenvalue weighted by Gasteiger charge is 2.28. The van der Waals surface area contributed by atoms with E-state index in [0.29, 0.717) is 6.04 Å². The molecule has 3 heterocycles. The number of benzene rings is 1. The molecular formula is C20H25N5O. The number of aryl methyl sites for hydroxylation is 1. The number of aromatic nitrogens is 3. The van der Waals surface area contributed by atoms with Crippen LogP contribution in [0.25, 0.3) is 11.0 Å². The molecule has 2 N–H and O–H groups in total. The van der Waals surface area contributed by atoms with Crippen molar-refractivity contribution in [3.63, 3.8) is 0 Å². The van der Waals surface area contributed by atoms with Crippen LogP contribution >= 0.6 is 0 Å². The van der Waals surface area contributed by atoms with Crippen molar-refractivity contribution in [1.29, 1.82) is 0 Å². The molecule has 4 rings (SSSR count). The Kier molecular flexibility index (Phi) is 4.86. The Labute approximate surface area is 153 Å². The number of H-pyrrole nitrogens is 1. The van der Waals surface area contributed by atoms with Gasteiger partial charge in [-0.25, -0.2) is 9.97 Å². The fourth-order valence-electron chi connectivity index (χ4n) is 3.75. The van der Waals surface area contributed by atoms with Crippen LogP contribution < -0.4 is 4.90 Å². The molecule has 0 spiro atoms. The van der Waals surface area contributed by atoms with Crippen molar-refractivity contribution < 1.29 is 5.11 Å². The number of aliphatic hydroxyl groups excluding tert-OH is 1. The third kappa shape index (κ3) is 3.43. The third-order valence-corrected chi connectivity index (χ3v) is 5.21. The predicted octanol–water partition coefficient (Wildman–Crippen LogP) is 2.34. The Morgan fingerprint density at radius 3 is 2.81 bits per heavy atom. The highest BCUT2D eigenvalue weighted by Crippen LogP contribution is 2.26. The van der Waals surface area contributed by atoms with Gasteiger partial charge in [0, 0.05) is 45.0 Å². The number of aliphatic hydroxyl groups is 1. The van der Waals surface area contributed by atoms with Gasteiger partial charge >= 0.3 is 0 Å². The van der Waals surface area contributed by atoms with Crippen LogP contribution in [-0.2, 0) is 6.54 Å². The number of rotatable bonds is 5. The van der Waals surface area contributed by atoms with Crippen LogP contribution in [0.4, 0.5) is 5.82 Å². The van der Waals surface area contributed by atoms with Gasteiger partial charge < -0.3 is 15.0 Å². The van der Waals surface area contributed by atoms with Gasteiger partial charge in [-0.3, -0.25) is 4.90 Å². The molecule has 1 aliphatic rings. The molecule has 1 saturated heterocycles. The summed E-state index contributed by atoms with van der Waals surface area (Å²) in [5, 5.41) is 10.6. The number of hydrogen-bond acceptors (Lipinski definition) is 5. The number of hydrogen-bond donors (Lipinski definition) is 2. The summed E-state index contributed by atoms with van der Waals surface area (Å²) in [6, 6.07) is 11.1. The minimum absolute atomic E-state index is 0.201. The lowest BCUT2D eigenvalue weighted by Crippen LogP contribution is -2.53. The number of anilines is 1. The average Bonchev–Trinajstić information content (AvgIpc) is 3.14. The number of nitrogens with one attached hydrogen (secondary N) is 1. The molecule has 1 atom stereocenters. The molecule has 26 heavy (non-hydrogen) atoms. The maximum atomic E-state index is 9.56. The van der Waals surface area contributed by atoms with Crippen molar-refractivity contribution in [3.05, 3.63) is 54.0 Å². The molecule has 6 heteroatoms. The van der Waals surface area contributed by atoms with E-state index in [9.17, 15) is 5.11 Å². The molecular weight excluding hydrogens is 326 g/mol. The van der Waals surface area contributed by atoms with Crippen molar-refractivity contribution in [1.82, 2.24) is 19.9 Å². The van der Waals surface area contributed by atoms with Crippen molar-refractivity contribution in [3.8, 4) is 0 Å². The van der Waals surface area contributed by atoms with Crippen LogP contribution in [0, 0.1) is 6.92 Å². The molecule has 1 aromatic carbocycles. The normalized spacial score (nSPS) is 18.5. The summed E-state index contributed by atoms with van der Waals surface area (Å²) in [6.07, 6.45) is 4.29. The first-order valence-electron chi connectivity index (χ1n) is 9.18. The van der Waals surface area contributed by atoms with Gasteiger partial charge in [-0.1, -0.05) is 29.8 Å². The van der Waals surface area contributed by atoms with E-state index in [1.807, 2.05) is 12.3 Å². The van der Waals surface area contributed by atoms with Gasteiger partial charge in [-0.2, -0.15) is 0 Å². The molecule has 0 radical (unpaired) electrons. The zero-order valence-corrected chi connectivity index (χ0v) is 15.1. The van der Waals surface area contributed by atoms with Crippen molar-refractivity contribution in [2.24, 2.45) is 0 Å². The zero-order valence-electron chi connectivity index (χ0n) is 15.1. The Bertz CT molecular complexity index is 860. The van der Waals surface area contributed by atoms with E-state index in [1.54, 1.807) is 6.33 Å². The Hall–Kier alpha value is -2.44. The first kappa shape index (κ1) is 17.0. The molecule has 2 aromatic heterocycles. The van der Waals surface area contributed by atoms with Crippen LogP contribution in [0.3, 0.4) is 0 Å². The van der Waals surface area contributed by atoms with Gasteiger partial charge in [0.05, 0.1) is 5.39 Å². The van der Waals surface area contributed by atoms with Crippen molar-refractivity contribution >= 4 is 16.9 Å². The van der Waals surface area contributed by atoms with E-state index in [0.717, 1.165) is 49.5 Å². The molecule has 0 unspecified atom stereocenters. The second kappa shape index (κ2) is 7.43. The molecule has 0 amide bonds. The monoisotopic (exact) mass is 351 g/mol. The lowest BCUT2D eigenvalue weighted by molar-refractivity contribution is 0.135. The van der Waals surface area contributed by atoms with Gasteiger partial charge in [0.15, 0.2) is 0 Å². The highest BCUT2D eigenvalue weighted by molar-refractivity contribution is 5.87. The Balaban J connectivity index is 1.52. The zero-order chi connectivity index (χ0) is 17.9. The summed E-state index contributed by atoms with van der Waals surface area (Å²) in [5.74, 6) is 0.981. The molecule has 0 saturated carbocycles. The average molecular weight is 351 g/mol. The van der Waals surface area contributed by atoms with Gasteiger partial charge in [0.25, 0.3) is 0 Å². The van der Waals surface area contributed by atoms with Gasteiger partial charge in [0.2, 0.25) is 0 Å². The minimum atomic E-state index is 0.201. The standard InChI is InChI=1S/C20H25N5O/c1-15-2-4-16(5-3-15)12-24-9-10-25(13-17(24)7-11-26)20-18-6-8-21-19(18)22-14-23-20/h2-6,8,14,17,26H,7,9-13H2,1H3,(H,21,22,23)/t17-/m1/s1. The fourth-order valence-corrected chi connectivity index (χ4v) is 3.75. The van der Waals surface area contributed by atoms with E-state index in [-0.39, 0.29) is 6.61 Å². The molecule has 0 aliphatic carbocycles. The molecule has 136 valence electrons. The summed E-state index contributed by atoms with van der Waals surface area (Å²) in [4.78, 5) is 16.8. The first-order chi connectivity index (χ1) is 12.7. The number of aromatic amines is 1. The van der Waals surface area contributed by atoms with Gasteiger partial charge in [-0.05, 0) is 25.0 Å². The molecule has 1 fully saturated rings. The maximum absolute atomic E-state index is 9.56. The number of fused-ring (bicyclic) bond motifs is 1. The third-order valence-electron chi connectivity index (χ3n) is 5.21. The fraction of sp³-hybridized carbons (Fsp3) is 0.400. The summed E-state index contributed by atoms with van der Waals surface area (Å²) in [7, 11) is 0. The quantitative estimate of drug-likeness (QED) is 0.738. The van der Waals surface area contributed by atoms with Crippen LogP contribution in [0.15, 0.2) is 42.9 Å². The predicted molar refractivity (Wildman–Crippen MR) is 103 cm³/mol. The van der Waals surface area contributed by atoms with Crippen molar-refractivity contribution in [2.75, 3.05) is 31.1 Å². The van der Waals surface area contributed by atoms with E-state index in [1.165, 1.54) is 11.1 Å². The lowest BCUT2D eigenvalue weighted by Gasteiger charge is -2.42. The number of piperazine rings is 1. The highest BCUT2D eigenvalue weighted by atomic mass is 16.3. The second-order valence-electron chi connectivity index (χ2n) is 7.01. The van der Waals surface area contributed by atoms with E-state index < -0.39 is 0 Å². The van der Waals surface area contributed by atoms with Crippen LogP contribution in [0.2, 0.25) is 0 Å². The Morgan fingerprint density at radius 2 is 2.00 bits per heavy atom. The van der Waals surface area contributed by atoms with Crippen LogP contribution in [0.1, 0.15) is 17.5 Å². The molecule has 1 aliphatic heterocycles. The second-order valence-corrected chi connectivity index (χ2v) is 7.01. The molecule has 0 bridgehead atoms. The topological polar surface area (TPSA) is 68.3 Å². The lowest BCUT2D eigenvalue weighted by atomic mass is 10.1. The van der Waals surface area contributed by atoms with E-state index in [4.69, 9.17) is 0 Å². The first-order valence-corrected chi connectivity index (χ1v) is 9.18. The largest absolute Gasteiger partial charge is 0.396 e. The van der Waals surface area contributed by atoms with Gasteiger partial charge in [-0.15, -0.1) is 0 Å². The smallest absolute Gasteiger partial charge is 0.142 e. The Morgan fingerprint density at radius 1 is 1.15 bits per heavy atom. The molecule has 6 nitrogen and oxygen atoms in total. The van der Waals surface area contributed by atoms with Crippen molar-refractivity contribution in [2.45, 2.75) is 25.9 Å². The van der Waals surface area contributed by atoms with Gasteiger partial charge in [0.1, 0.15) is 17.8 Å². The summed E-state index contributed by atoms with van der Waals surface area (Å²) in [6.45, 7) is 5.97. The molecule has 3 aromatic rings. The van der Waals surface area contributed by atoms with E-state index in [2.05, 4.69) is 55.9 Å². The summed E-state index contributed by atoms with van der Waals surface area (Å²) >= 11 is 0. The number of nitrogens with zero attached hydrogens (tertiary/aromatic N) is 4. The SMILES string of the molecule is Cc1ccc(CN2CCN(c3ncnc4[nH]ccc34)C[C@H]2CCO)cc1. The van der Waals surface area contributed by atoms with Crippen LogP contribution in [-0.4, -0.2) is 57.2 Å². The van der Waals surface area contributed by atoms with E-state index >= 15 is 0 Å².